The second kappa shape index (κ2) is 5.07. The third-order valence-electron chi connectivity index (χ3n) is 3.09. The van der Waals surface area contributed by atoms with E-state index in [-0.39, 0.29) is 0 Å². The lowest BCUT2D eigenvalue weighted by molar-refractivity contribution is -0.0813. The second-order valence-corrected chi connectivity index (χ2v) is 4.17. The van der Waals surface area contributed by atoms with Gasteiger partial charge in [-0.05, 0) is 6.42 Å². The maximum Gasteiger partial charge on any atom is 0.173 e. The normalized spacial score (nSPS) is 40.6. The van der Waals surface area contributed by atoms with E-state index in [1.165, 1.54) is 4.90 Å². The molecule has 17 heavy (non-hydrogen) atoms. The van der Waals surface area contributed by atoms with Crippen LogP contribution >= 0.6 is 0 Å². The highest BCUT2D eigenvalue weighted by Gasteiger charge is 2.47. The van der Waals surface area contributed by atoms with Gasteiger partial charge in [0.05, 0.1) is 6.61 Å². The van der Waals surface area contributed by atoms with E-state index in [2.05, 4.69) is 5.32 Å². The Kier molecular flexibility index (Phi) is 3.70. The summed E-state index contributed by atoms with van der Waals surface area (Å²) >= 11 is 0. The molecule has 2 aliphatic heterocycles. The number of alkyl halides is 1. The van der Waals surface area contributed by atoms with Gasteiger partial charge >= 0.3 is 0 Å². The van der Waals surface area contributed by atoms with Crippen LogP contribution in [0.3, 0.4) is 0 Å². The summed E-state index contributed by atoms with van der Waals surface area (Å²) in [6, 6.07) is 0. The summed E-state index contributed by atoms with van der Waals surface area (Å²) < 4.78 is 19.1. The maximum absolute atomic E-state index is 13.8. The molecule has 0 radical (unpaired) electrons. The fraction of sp³-hybridized carbons (Fsp3) is 0.800. The van der Waals surface area contributed by atoms with Gasteiger partial charge in [-0.2, -0.15) is 0 Å². The summed E-state index contributed by atoms with van der Waals surface area (Å²) in [5, 5.41) is 30.4. The molecule has 0 bridgehead atoms. The van der Waals surface area contributed by atoms with Crippen molar-refractivity contribution in [1.82, 2.24) is 10.2 Å². The minimum absolute atomic E-state index is 0.370. The average Bonchev–Trinajstić information content (AvgIpc) is 2.66. The Bertz CT molecular complexity index is 302. The molecule has 98 valence electrons. The van der Waals surface area contributed by atoms with Crippen LogP contribution in [0.15, 0.2) is 12.1 Å². The minimum atomic E-state index is -1.61. The molecule has 7 heteroatoms. The molecule has 4 atom stereocenters. The number of rotatable bonds is 2. The molecule has 6 nitrogen and oxygen atoms in total. The quantitative estimate of drug-likeness (QED) is 0.472. The van der Waals surface area contributed by atoms with Crippen molar-refractivity contribution in [3.63, 3.8) is 0 Å². The monoisotopic (exact) mass is 248 g/mol. The Morgan fingerprint density at radius 3 is 2.94 bits per heavy atom. The predicted molar refractivity (Wildman–Crippen MR) is 56.7 cm³/mol. The van der Waals surface area contributed by atoms with Gasteiger partial charge in [0, 0.05) is 13.1 Å². The topological polar surface area (TPSA) is 85.2 Å². The summed E-state index contributed by atoms with van der Waals surface area (Å²) in [5.41, 5.74) is 0. The highest BCUT2D eigenvalue weighted by atomic mass is 19.1. The van der Waals surface area contributed by atoms with Crippen molar-refractivity contribution in [3.8, 4) is 0 Å². The first kappa shape index (κ1) is 12.4. The van der Waals surface area contributed by atoms with Crippen LogP contribution in [0.1, 0.15) is 6.42 Å². The summed E-state index contributed by atoms with van der Waals surface area (Å²) in [5.74, 6) is 0.370. The van der Waals surface area contributed by atoms with Gasteiger partial charge in [0.1, 0.15) is 24.3 Å². The van der Waals surface area contributed by atoms with Crippen LogP contribution in [0.2, 0.25) is 0 Å². The van der Waals surface area contributed by atoms with Gasteiger partial charge in [-0.15, -0.1) is 0 Å². The zero-order chi connectivity index (χ0) is 12.4. The summed E-state index contributed by atoms with van der Waals surface area (Å²) in [6.45, 7) is 0.783. The molecule has 2 aliphatic rings. The van der Waals surface area contributed by atoms with Crippen molar-refractivity contribution in [1.29, 1.82) is 0 Å². The smallest absolute Gasteiger partial charge is 0.173 e. The van der Waals surface area contributed by atoms with E-state index in [1.54, 1.807) is 0 Å². The lowest BCUT2D eigenvalue weighted by Gasteiger charge is -2.36. The standard InChI is InChI=1S/C10H17FN2O4/c11-8-9(16)6(4-14)17-10(8)13-3-1-2-12-7(13)5-15/h5-6,8-10,12,14-16H,1-4H2/b7-5-/t6-,8-,9-,10?/m1/s1. The van der Waals surface area contributed by atoms with E-state index in [0.717, 1.165) is 12.7 Å². The molecule has 2 fully saturated rings. The third kappa shape index (κ3) is 2.18. The van der Waals surface area contributed by atoms with Gasteiger partial charge in [-0.3, -0.25) is 0 Å². The van der Waals surface area contributed by atoms with Crippen LogP contribution in [0, 0.1) is 0 Å². The number of nitrogens with zero attached hydrogens (tertiary/aromatic N) is 1. The molecule has 1 unspecified atom stereocenters. The first-order valence-corrected chi connectivity index (χ1v) is 5.62. The largest absolute Gasteiger partial charge is 0.512 e. The molecule has 0 aromatic rings. The fourth-order valence-corrected chi connectivity index (χ4v) is 2.18. The summed E-state index contributed by atoms with van der Waals surface area (Å²) in [7, 11) is 0. The van der Waals surface area contributed by atoms with Gasteiger partial charge in [0.25, 0.3) is 0 Å². The van der Waals surface area contributed by atoms with E-state index in [0.29, 0.717) is 18.9 Å². The van der Waals surface area contributed by atoms with Crippen LogP contribution in [0.25, 0.3) is 0 Å². The van der Waals surface area contributed by atoms with Crippen LogP contribution in [-0.2, 0) is 4.74 Å². The van der Waals surface area contributed by atoms with Crippen molar-refractivity contribution in [2.24, 2.45) is 0 Å². The van der Waals surface area contributed by atoms with Crippen LogP contribution in [-0.4, -0.2) is 64.5 Å². The van der Waals surface area contributed by atoms with Gasteiger partial charge in [0.15, 0.2) is 12.4 Å². The molecule has 2 saturated heterocycles. The Morgan fingerprint density at radius 2 is 2.35 bits per heavy atom. The van der Waals surface area contributed by atoms with Gasteiger partial charge in [-0.1, -0.05) is 0 Å². The molecule has 0 saturated carbocycles. The van der Waals surface area contributed by atoms with Crippen LogP contribution in [0.4, 0.5) is 4.39 Å². The van der Waals surface area contributed by atoms with Crippen LogP contribution < -0.4 is 5.32 Å². The van der Waals surface area contributed by atoms with E-state index in [4.69, 9.17) is 14.9 Å². The zero-order valence-corrected chi connectivity index (χ0v) is 9.29. The molecule has 4 N–H and O–H groups in total. The number of hydrogen-bond donors (Lipinski definition) is 4. The number of aliphatic hydroxyl groups is 3. The van der Waals surface area contributed by atoms with Gasteiger partial charge in [-0.25, -0.2) is 4.39 Å². The molecule has 0 amide bonds. The van der Waals surface area contributed by atoms with Crippen molar-refractivity contribution in [2.75, 3.05) is 19.7 Å². The number of halogens is 1. The molecule has 0 spiro atoms. The van der Waals surface area contributed by atoms with Crippen molar-refractivity contribution < 1.29 is 24.4 Å². The van der Waals surface area contributed by atoms with Gasteiger partial charge in [0.2, 0.25) is 0 Å². The summed E-state index contributed by atoms with van der Waals surface area (Å²) in [6.07, 6.45) is -3.21. The van der Waals surface area contributed by atoms with E-state index >= 15 is 0 Å². The molecule has 2 rings (SSSR count). The number of nitrogens with one attached hydrogen (secondary N) is 1. The SMILES string of the molecule is O/C=C1/NCCCN1C1O[C@H](CO)[C@@H](O)[C@H]1F. The van der Waals surface area contributed by atoms with Crippen molar-refractivity contribution in [2.45, 2.75) is 31.0 Å². The third-order valence-corrected chi connectivity index (χ3v) is 3.09. The Morgan fingerprint density at radius 1 is 1.59 bits per heavy atom. The highest BCUT2D eigenvalue weighted by Crippen LogP contribution is 2.29. The molecule has 2 heterocycles. The van der Waals surface area contributed by atoms with E-state index < -0.39 is 31.2 Å². The average molecular weight is 248 g/mol. The minimum Gasteiger partial charge on any atom is -0.512 e. The first-order valence-electron chi connectivity index (χ1n) is 5.62. The Hall–Kier alpha value is -1.05. The Balaban J connectivity index is 2.11. The van der Waals surface area contributed by atoms with Crippen LogP contribution in [0.5, 0.6) is 0 Å². The molecular formula is C10H17FN2O4. The molecule has 0 aromatic carbocycles. The number of aliphatic hydroxyl groups excluding tert-OH is 3. The second-order valence-electron chi connectivity index (χ2n) is 4.17. The maximum atomic E-state index is 13.8. The van der Waals surface area contributed by atoms with E-state index in [9.17, 15) is 9.50 Å². The first-order chi connectivity index (χ1) is 8.19. The lowest BCUT2D eigenvalue weighted by atomic mass is 10.1. The van der Waals surface area contributed by atoms with E-state index in [1.807, 2.05) is 0 Å². The molecular weight excluding hydrogens is 231 g/mol. The van der Waals surface area contributed by atoms with Crippen molar-refractivity contribution >= 4 is 0 Å². The molecule has 0 aliphatic carbocycles. The number of ether oxygens (including phenoxy) is 1. The lowest BCUT2D eigenvalue weighted by Crippen LogP contribution is -2.49. The zero-order valence-electron chi connectivity index (χ0n) is 9.29. The van der Waals surface area contributed by atoms with Gasteiger partial charge < -0.3 is 30.3 Å². The predicted octanol–water partition coefficient (Wildman–Crippen LogP) is -0.945. The van der Waals surface area contributed by atoms with Crippen molar-refractivity contribution in [3.05, 3.63) is 12.1 Å². The highest BCUT2D eigenvalue weighted by molar-refractivity contribution is 5.03. The fourth-order valence-electron chi connectivity index (χ4n) is 2.18. The number of hydrogen-bond acceptors (Lipinski definition) is 6. The summed E-state index contributed by atoms with van der Waals surface area (Å²) in [4.78, 5) is 1.52. The Labute approximate surface area is 98.3 Å². The molecule has 0 aromatic heterocycles.